The number of nitrogens with zero attached hydrogens (tertiary/aromatic N) is 2. The monoisotopic (exact) mass is 480 g/mol. The van der Waals surface area contributed by atoms with Gasteiger partial charge in [0.2, 0.25) is 5.91 Å². The lowest BCUT2D eigenvalue weighted by molar-refractivity contribution is -0.123. The molecule has 1 aliphatic rings. The first-order chi connectivity index (χ1) is 16.4. The number of benzene rings is 2. The van der Waals surface area contributed by atoms with Gasteiger partial charge < -0.3 is 14.6 Å². The number of methoxy groups -OCH3 is 1. The second-order valence-electron chi connectivity index (χ2n) is 7.51. The van der Waals surface area contributed by atoms with Gasteiger partial charge in [0.15, 0.2) is 5.11 Å². The third kappa shape index (κ3) is 4.73. The standard InChI is InChI=1S/C24H21FN4O4S/c1-33-11-10-26-21(30)14-28-13-15(18-4-2-3-5-20(18)28)12-19-22(31)27-24(34)29(23(19)32)17-8-6-16(25)7-9-17/h2-9,12-13H,10-11,14H2,1H3,(H,26,30)(H,27,31,34). The van der Waals surface area contributed by atoms with Crippen LogP contribution in [-0.4, -0.2) is 47.7 Å². The van der Waals surface area contributed by atoms with E-state index in [-0.39, 0.29) is 23.1 Å². The molecule has 0 unspecified atom stereocenters. The van der Waals surface area contributed by atoms with Crippen molar-refractivity contribution in [3.05, 3.63) is 71.7 Å². The average Bonchev–Trinajstić information content (AvgIpc) is 3.15. The number of fused-ring (bicyclic) bond motifs is 1. The van der Waals surface area contributed by atoms with E-state index >= 15 is 0 Å². The molecule has 0 spiro atoms. The topological polar surface area (TPSA) is 92.7 Å². The summed E-state index contributed by atoms with van der Waals surface area (Å²) in [4.78, 5) is 39.4. The highest BCUT2D eigenvalue weighted by Gasteiger charge is 2.34. The second-order valence-corrected chi connectivity index (χ2v) is 7.89. The molecule has 1 saturated heterocycles. The quantitative estimate of drug-likeness (QED) is 0.235. The minimum Gasteiger partial charge on any atom is -0.383 e. The van der Waals surface area contributed by atoms with Crippen molar-refractivity contribution in [3.63, 3.8) is 0 Å². The van der Waals surface area contributed by atoms with E-state index in [9.17, 15) is 18.8 Å². The van der Waals surface area contributed by atoms with Gasteiger partial charge in [0.05, 0.1) is 12.3 Å². The Morgan fingerprint density at radius 1 is 1.18 bits per heavy atom. The summed E-state index contributed by atoms with van der Waals surface area (Å²) >= 11 is 5.18. The highest BCUT2D eigenvalue weighted by Crippen LogP contribution is 2.26. The molecule has 2 heterocycles. The Labute approximate surface area is 200 Å². The molecule has 2 N–H and O–H groups in total. The largest absolute Gasteiger partial charge is 0.383 e. The number of carbonyl (C=O) groups excluding carboxylic acids is 3. The van der Waals surface area contributed by atoms with Crippen molar-refractivity contribution in [3.8, 4) is 0 Å². The summed E-state index contributed by atoms with van der Waals surface area (Å²) in [6.07, 6.45) is 3.18. The Balaban J connectivity index is 1.69. The van der Waals surface area contributed by atoms with Gasteiger partial charge in [0.1, 0.15) is 17.9 Å². The van der Waals surface area contributed by atoms with E-state index in [2.05, 4.69) is 10.6 Å². The van der Waals surface area contributed by atoms with Crippen molar-refractivity contribution in [2.75, 3.05) is 25.2 Å². The van der Waals surface area contributed by atoms with Gasteiger partial charge in [0, 0.05) is 36.3 Å². The normalized spacial score (nSPS) is 15.2. The molecule has 0 saturated carbocycles. The molecule has 0 atom stereocenters. The fourth-order valence-corrected chi connectivity index (χ4v) is 3.94. The molecule has 174 valence electrons. The summed E-state index contributed by atoms with van der Waals surface area (Å²) in [6, 6.07) is 12.6. The van der Waals surface area contributed by atoms with Crippen LogP contribution in [0.2, 0.25) is 0 Å². The van der Waals surface area contributed by atoms with Gasteiger partial charge in [-0.05, 0) is 48.6 Å². The highest BCUT2D eigenvalue weighted by molar-refractivity contribution is 7.80. The summed E-state index contributed by atoms with van der Waals surface area (Å²) in [5.74, 6) is -1.92. The van der Waals surface area contributed by atoms with Gasteiger partial charge in [-0.25, -0.2) is 4.39 Å². The van der Waals surface area contributed by atoms with Crippen LogP contribution < -0.4 is 15.5 Å². The van der Waals surface area contributed by atoms with Gasteiger partial charge in [-0.2, -0.15) is 0 Å². The first kappa shape index (κ1) is 23.3. The number of rotatable bonds is 7. The molecule has 0 radical (unpaired) electrons. The van der Waals surface area contributed by atoms with Crippen LogP contribution in [0.25, 0.3) is 17.0 Å². The zero-order valence-electron chi connectivity index (χ0n) is 18.2. The van der Waals surface area contributed by atoms with Crippen molar-refractivity contribution in [1.82, 2.24) is 15.2 Å². The van der Waals surface area contributed by atoms with Gasteiger partial charge in [-0.3, -0.25) is 24.6 Å². The number of thiocarbonyl (C=S) groups is 1. The zero-order chi connectivity index (χ0) is 24.2. The van der Waals surface area contributed by atoms with Crippen molar-refractivity contribution in [1.29, 1.82) is 0 Å². The van der Waals surface area contributed by atoms with E-state index in [1.165, 1.54) is 30.3 Å². The summed E-state index contributed by atoms with van der Waals surface area (Å²) in [7, 11) is 1.55. The van der Waals surface area contributed by atoms with Crippen LogP contribution in [0.15, 0.2) is 60.3 Å². The zero-order valence-corrected chi connectivity index (χ0v) is 19.0. The Bertz CT molecular complexity index is 1320. The second kappa shape index (κ2) is 9.94. The molecule has 1 aromatic heterocycles. The number of carbonyl (C=O) groups is 3. The van der Waals surface area contributed by atoms with Crippen LogP contribution in [0, 0.1) is 5.82 Å². The minimum atomic E-state index is -0.637. The van der Waals surface area contributed by atoms with E-state index in [0.717, 1.165) is 15.8 Å². The van der Waals surface area contributed by atoms with E-state index in [0.29, 0.717) is 24.4 Å². The predicted octanol–water partition coefficient (Wildman–Crippen LogP) is 2.37. The molecule has 10 heteroatoms. The molecule has 0 bridgehead atoms. The lowest BCUT2D eigenvalue weighted by Crippen LogP contribution is -2.54. The Morgan fingerprint density at radius 2 is 1.91 bits per heavy atom. The van der Waals surface area contributed by atoms with E-state index in [1.807, 2.05) is 24.3 Å². The number of hydrogen-bond acceptors (Lipinski definition) is 5. The Hall–Kier alpha value is -3.89. The summed E-state index contributed by atoms with van der Waals surface area (Å²) in [5.41, 5.74) is 1.55. The SMILES string of the molecule is COCCNC(=O)Cn1cc(C=C2C(=O)NC(=S)N(c3ccc(F)cc3)C2=O)c2ccccc21. The summed E-state index contributed by atoms with van der Waals surface area (Å²) in [5, 5.41) is 5.96. The lowest BCUT2D eigenvalue weighted by Gasteiger charge is -2.28. The van der Waals surface area contributed by atoms with Crippen molar-refractivity contribution >= 4 is 57.7 Å². The molecule has 0 aliphatic carbocycles. The number of para-hydroxylation sites is 1. The Morgan fingerprint density at radius 3 is 2.65 bits per heavy atom. The molecule has 34 heavy (non-hydrogen) atoms. The van der Waals surface area contributed by atoms with Crippen molar-refractivity contribution in [2.24, 2.45) is 0 Å². The molecule has 1 fully saturated rings. The number of anilines is 1. The average molecular weight is 481 g/mol. The molecule has 3 amide bonds. The fraction of sp³-hybridized carbons (Fsp3) is 0.167. The molecule has 1 aliphatic heterocycles. The van der Waals surface area contributed by atoms with E-state index < -0.39 is 17.6 Å². The third-order valence-corrected chi connectivity index (χ3v) is 5.53. The van der Waals surface area contributed by atoms with Gasteiger partial charge in [-0.1, -0.05) is 18.2 Å². The van der Waals surface area contributed by atoms with Crippen LogP contribution in [0.5, 0.6) is 0 Å². The van der Waals surface area contributed by atoms with E-state index in [4.69, 9.17) is 17.0 Å². The third-order valence-electron chi connectivity index (χ3n) is 5.25. The van der Waals surface area contributed by atoms with E-state index in [1.54, 1.807) is 17.9 Å². The van der Waals surface area contributed by atoms with Crippen molar-refractivity contribution in [2.45, 2.75) is 6.54 Å². The lowest BCUT2D eigenvalue weighted by atomic mass is 10.1. The first-order valence-corrected chi connectivity index (χ1v) is 10.8. The van der Waals surface area contributed by atoms with Crippen LogP contribution in [-0.2, 0) is 25.7 Å². The maximum atomic E-state index is 13.3. The molecule has 3 aromatic rings. The number of aromatic nitrogens is 1. The van der Waals surface area contributed by atoms with Gasteiger partial charge in [0.25, 0.3) is 11.8 Å². The molecule has 4 rings (SSSR count). The Kier molecular flexibility index (Phi) is 6.80. The van der Waals surface area contributed by atoms with Gasteiger partial charge >= 0.3 is 0 Å². The number of nitrogens with one attached hydrogen (secondary N) is 2. The maximum Gasteiger partial charge on any atom is 0.270 e. The smallest absolute Gasteiger partial charge is 0.270 e. The molecular formula is C24H21FN4O4S. The number of halogens is 1. The number of hydrogen-bond donors (Lipinski definition) is 2. The van der Waals surface area contributed by atoms with Crippen LogP contribution in [0.1, 0.15) is 5.56 Å². The van der Waals surface area contributed by atoms with Crippen LogP contribution >= 0.6 is 12.2 Å². The highest BCUT2D eigenvalue weighted by atomic mass is 32.1. The first-order valence-electron chi connectivity index (χ1n) is 10.4. The fourth-order valence-electron chi connectivity index (χ4n) is 3.66. The van der Waals surface area contributed by atoms with Crippen LogP contribution in [0.4, 0.5) is 10.1 Å². The predicted molar refractivity (Wildman–Crippen MR) is 129 cm³/mol. The summed E-state index contributed by atoms with van der Waals surface area (Å²) < 4.78 is 20.0. The van der Waals surface area contributed by atoms with Crippen molar-refractivity contribution < 1.29 is 23.5 Å². The number of ether oxygens (including phenoxy) is 1. The van der Waals surface area contributed by atoms with Crippen LogP contribution in [0.3, 0.4) is 0 Å². The maximum absolute atomic E-state index is 13.3. The minimum absolute atomic E-state index is 0.0549. The molecule has 2 aromatic carbocycles. The molecular weight excluding hydrogens is 459 g/mol. The number of amides is 3. The van der Waals surface area contributed by atoms with Gasteiger partial charge in [-0.15, -0.1) is 0 Å². The molecule has 8 nitrogen and oxygen atoms in total. The summed E-state index contributed by atoms with van der Waals surface area (Å²) in [6.45, 7) is 0.845.